The highest BCUT2D eigenvalue weighted by Crippen LogP contribution is 2.33. The van der Waals surface area contributed by atoms with Gasteiger partial charge >= 0.3 is 0 Å². The molecule has 1 aromatic heterocycles. The zero-order valence-corrected chi connectivity index (χ0v) is 19.2. The van der Waals surface area contributed by atoms with Crippen LogP contribution in [0.5, 0.6) is 11.5 Å². The van der Waals surface area contributed by atoms with Crippen molar-refractivity contribution < 1.29 is 14.3 Å². The number of amides is 1. The number of carbonyl (C=O) groups is 1. The van der Waals surface area contributed by atoms with Gasteiger partial charge in [-0.2, -0.15) is 0 Å². The van der Waals surface area contributed by atoms with Crippen molar-refractivity contribution in [1.29, 1.82) is 0 Å². The van der Waals surface area contributed by atoms with Crippen LogP contribution in [0.3, 0.4) is 0 Å². The van der Waals surface area contributed by atoms with Crippen molar-refractivity contribution in [2.45, 2.75) is 42.6 Å². The first-order chi connectivity index (χ1) is 15.5. The predicted octanol–water partition coefficient (Wildman–Crippen LogP) is 3.35. The first kappa shape index (κ1) is 22.0. The van der Waals surface area contributed by atoms with Crippen molar-refractivity contribution in [3.8, 4) is 22.9 Å². The fourth-order valence-corrected chi connectivity index (χ4v) is 4.71. The van der Waals surface area contributed by atoms with Gasteiger partial charge in [-0.3, -0.25) is 4.79 Å². The molecule has 1 amide bonds. The highest BCUT2D eigenvalue weighted by atomic mass is 32.2. The van der Waals surface area contributed by atoms with E-state index in [9.17, 15) is 4.79 Å². The lowest BCUT2D eigenvalue weighted by Gasteiger charge is -2.27. The third-order valence-corrected chi connectivity index (χ3v) is 6.70. The highest BCUT2D eigenvalue weighted by Gasteiger charge is 2.25. The molecule has 1 heterocycles. The second kappa shape index (κ2) is 9.52. The molecule has 2 unspecified atom stereocenters. The number of nitrogens with zero attached hydrogens (tertiary/aromatic N) is 3. The number of hydrogen-bond donors (Lipinski definition) is 2. The molecular formula is C23H27N5O3S. The number of thioether (sulfide) groups is 1. The number of nitrogens with one attached hydrogen (secondary N) is 1. The van der Waals surface area contributed by atoms with E-state index >= 15 is 0 Å². The number of nitrogen functional groups attached to an aromatic ring is 1. The summed E-state index contributed by atoms with van der Waals surface area (Å²) >= 11 is 1.28. The summed E-state index contributed by atoms with van der Waals surface area (Å²) < 4.78 is 12.0. The quantitative estimate of drug-likeness (QED) is 0.418. The van der Waals surface area contributed by atoms with Crippen molar-refractivity contribution in [1.82, 2.24) is 20.2 Å². The number of benzene rings is 2. The molecule has 0 bridgehead atoms. The number of nitrogens with two attached hydrogens (primary N) is 1. The fourth-order valence-electron chi connectivity index (χ4n) is 3.93. The molecule has 0 saturated heterocycles. The Morgan fingerprint density at radius 2 is 1.97 bits per heavy atom. The number of aromatic nitrogens is 3. The molecule has 0 spiro atoms. The number of aryl methyl sites for hydroxylation is 1. The smallest absolute Gasteiger partial charge is 0.233 e. The molecular weight excluding hydrogens is 426 g/mol. The monoisotopic (exact) mass is 453 g/mol. The van der Waals surface area contributed by atoms with Crippen LogP contribution in [0.15, 0.2) is 47.6 Å². The summed E-state index contributed by atoms with van der Waals surface area (Å²) in [6.45, 7) is 1.85. The van der Waals surface area contributed by atoms with Crippen molar-refractivity contribution in [2.75, 3.05) is 20.1 Å². The second-order valence-corrected chi connectivity index (χ2v) is 8.97. The molecule has 32 heavy (non-hydrogen) atoms. The van der Waals surface area contributed by atoms with Gasteiger partial charge in [-0.25, -0.2) is 4.68 Å². The molecule has 168 valence electrons. The van der Waals surface area contributed by atoms with E-state index in [1.165, 1.54) is 27.6 Å². The van der Waals surface area contributed by atoms with Crippen LogP contribution in [0, 0.1) is 0 Å². The average Bonchev–Trinajstić information content (AvgIpc) is 3.18. The van der Waals surface area contributed by atoms with Crippen molar-refractivity contribution in [2.24, 2.45) is 0 Å². The molecule has 8 nitrogen and oxygen atoms in total. The summed E-state index contributed by atoms with van der Waals surface area (Å²) in [6.07, 6.45) is 3.06. The minimum atomic E-state index is -0.381. The Bertz CT molecular complexity index is 1120. The number of methoxy groups -OCH3 is 2. The summed E-state index contributed by atoms with van der Waals surface area (Å²) in [4.78, 5) is 12.9. The van der Waals surface area contributed by atoms with E-state index in [2.05, 4.69) is 27.6 Å². The van der Waals surface area contributed by atoms with Gasteiger partial charge in [0.25, 0.3) is 0 Å². The van der Waals surface area contributed by atoms with E-state index in [4.69, 9.17) is 15.3 Å². The molecule has 9 heteroatoms. The zero-order chi connectivity index (χ0) is 22.7. The summed E-state index contributed by atoms with van der Waals surface area (Å²) in [5.41, 5.74) is 3.26. The summed E-state index contributed by atoms with van der Waals surface area (Å²) in [7, 11) is 3.15. The van der Waals surface area contributed by atoms with Gasteiger partial charge in [0.2, 0.25) is 11.1 Å². The summed E-state index contributed by atoms with van der Waals surface area (Å²) in [6, 6.07) is 13.8. The average molecular weight is 454 g/mol. The standard InChI is InChI=1S/C23H27N5O3S/c1-14(22(29)25-18-10-6-8-15-7-4-5-9-17(15)18)32-23-27-26-21(28(23)24)16-11-12-19(30-2)20(13-16)31-3/h4-5,7,9,11-14,18H,6,8,10,24H2,1-3H3,(H,25,29). The molecule has 4 rings (SSSR count). The summed E-state index contributed by atoms with van der Waals surface area (Å²) in [5.74, 6) is 7.87. The van der Waals surface area contributed by atoms with E-state index in [-0.39, 0.29) is 17.2 Å². The van der Waals surface area contributed by atoms with Gasteiger partial charge in [-0.05, 0) is 55.5 Å². The Balaban J connectivity index is 1.46. The lowest BCUT2D eigenvalue weighted by molar-refractivity contribution is -0.121. The molecule has 0 aliphatic heterocycles. The van der Waals surface area contributed by atoms with Crippen LogP contribution in [0.1, 0.15) is 36.9 Å². The van der Waals surface area contributed by atoms with Gasteiger partial charge < -0.3 is 20.6 Å². The normalized spacial score (nSPS) is 16.2. The predicted molar refractivity (Wildman–Crippen MR) is 124 cm³/mol. The van der Waals surface area contributed by atoms with Gasteiger partial charge in [0.1, 0.15) is 0 Å². The SMILES string of the molecule is COc1ccc(-c2nnc(SC(C)C(=O)NC3CCCc4ccccc43)n2N)cc1OC. The fraction of sp³-hybridized carbons (Fsp3) is 0.348. The van der Waals surface area contributed by atoms with E-state index in [0.717, 1.165) is 24.8 Å². The van der Waals surface area contributed by atoms with Gasteiger partial charge in [0.15, 0.2) is 17.3 Å². The molecule has 0 fully saturated rings. The highest BCUT2D eigenvalue weighted by molar-refractivity contribution is 8.00. The molecule has 2 atom stereocenters. The third kappa shape index (κ3) is 4.38. The maximum Gasteiger partial charge on any atom is 0.233 e. The van der Waals surface area contributed by atoms with Gasteiger partial charge in [0.05, 0.1) is 25.5 Å². The Morgan fingerprint density at radius 1 is 1.19 bits per heavy atom. The zero-order valence-electron chi connectivity index (χ0n) is 18.4. The third-order valence-electron chi connectivity index (χ3n) is 5.64. The van der Waals surface area contributed by atoms with Crippen LogP contribution in [0.25, 0.3) is 11.4 Å². The number of rotatable bonds is 7. The van der Waals surface area contributed by atoms with Gasteiger partial charge in [-0.1, -0.05) is 36.0 Å². The van der Waals surface area contributed by atoms with E-state index < -0.39 is 0 Å². The topological polar surface area (TPSA) is 104 Å². The van der Waals surface area contributed by atoms with Crippen LogP contribution in [0.2, 0.25) is 0 Å². The number of carbonyl (C=O) groups excluding carboxylic acids is 1. The van der Waals surface area contributed by atoms with E-state index in [1.54, 1.807) is 26.4 Å². The Morgan fingerprint density at radius 3 is 2.75 bits per heavy atom. The minimum Gasteiger partial charge on any atom is -0.493 e. The largest absolute Gasteiger partial charge is 0.493 e. The van der Waals surface area contributed by atoms with Gasteiger partial charge in [-0.15, -0.1) is 10.2 Å². The van der Waals surface area contributed by atoms with Crippen molar-refractivity contribution in [3.63, 3.8) is 0 Å². The second-order valence-electron chi connectivity index (χ2n) is 7.66. The Kier molecular flexibility index (Phi) is 6.55. The number of hydrogen-bond acceptors (Lipinski definition) is 7. The minimum absolute atomic E-state index is 0.0357. The van der Waals surface area contributed by atoms with Crippen molar-refractivity contribution in [3.05, 3.63) is 53.6 Å². The molecule has 3 N–H and O–H groups in total. The first-order valence-corrected chi connectivity index (χ1v) is 11.4. The van der Waals surface area contributed by atoms with Crippen molar-refractivity contribution >= 4 is 17.7 Å². The Labute approximate surface area is 191 Å². The molecule has 2 aromatic carbocycles. The maximum absolute atomic E-state index is 12.9. The van der Waals surface area contributed by atoms with Gasteiger partial charge in [0, 0.05) is 5.56 Å². The summed E-state index contributed by atoms with van der Waals surface area (Å²) in [5, 5.41) is 11.7. The molecule has 3 aromatic rings. The Hall–Kier alpha value is -3.20. The lowest BCUT2D eigenvalue weighted by atomic mass is 9.88. The van der Waals surface area contributed by atoms with Crippen LogP contribution in [-0.2, 0) is 11.2 Å². The van der Waals surface area contributed by atoms with E-state index in [0.29, 0.717) is 22.5 Å². The molecule has 0 radical (unpaired) electrons. The van der Waals surface area contributed by atoms with Crippen LogP contribution < -0.4 is 20.6 Å². The number of fused-ring (bicyclic) bond motifs is 1. The van der Waals surface area contributed by atoms with Crippen LogP contribution in [0.4, 0.5) is 0 Å². The lowest BCUT2D eigenvalue weighted by Crippen LogP contribution is -2.36. The maximum atomic E-state index is 12.9. The molecule has 1 aliphatic rings. The van der Waals surface area contributed by atoms with Crippen LogP contribution >= 0.6 is 11.8 Å². The number of ether oxygens (including phenoxy) is 2. The van der Waals surface area contributed by atoms with E-state index in [1.807, 2.05) is 25.1 Å². The molecule has 1 aliphatic carbocycles. The molecule has 0 saturated carbocycles. The van der Waals surface area contributed by atoms with Crippen LogP contribution in [-0.4, -0.2) is 40.3 Å². The first-order valence-electron chi connectivity index (χ1n) is 10.5.